The molecule has 4 aliphatic rings. The summed E-state index contributed by atoms with van der Waals surface area (Å²) in [5.74, 6) is 0.591. The highest BCUT2D eigenvalue weighted by atomic mass is 16.6. The van der Waals surface area contributed by atoms with E-state index in [1.54, 1.807) is 21.0 Å². The summed E-state index contributed by atoms with van der Waals surface area (Å²) in [5, 5.41) is 11.3. The zero-order valence-corrected chi connectivity index (χ0v) is 19.7. The van der Waals surface area contributed by atoms with Gasteiger partial charge in [-0.1, -0.05) is 6.92 Å². The zero-order valence-electron chi connectivity index (χ0n) is 19.7. The molecular weight excluding hydrogens is 412 g/mol. The molecule has 1 N–H and O–H groups in total. The van der Waals surface area contributed by atoms with Crippen LogP contribution in [-0.4, -0.2) is 41.0 Å². The molecule has 0 spiro atoms. The Kier molecular flexibility index (Phi) is 4.31. The van der Waals surface area contributed by atoms with Gasteiger partial charge in [-0.3, -0.25) is 4.79 Å². The summed E-state index contributed by atoms with van der Waals surface area (Å²) in [6, 6.07) is 0. The monoisotopic (exact) mass is 444 g/mol. The average molecular weight is 445 g/mol. The Bertz CT molecular complexity index is 1040. The number of fused-ring (bicyclic) bond motifs is 5. The van der Waals surface area contributed by atoms with Gasteiger partial charge in [-0.15, -0.1) is 0 Å². The van der Waals surface area contributed by atoms with Gasteiger partial charge < -0.3 is 24.1 Å². The molecule has 0 bridgehead atoms. The van der Waals surface area contributed by atoms with Crippen LogP contribution in [0.5, 0.6) is 11.5 Å². The normalized spacial score (nSPS) is 35.5. The van der Waals surface area contributed by atoms with Crippen molar-refractivity contribution in [1.82, 2.24) is 0 Å². The van der Waals surface area contributed by atoms with Crippen LogP contribution in [0.4, 0.5) is 0 Å². The van der Waals surface area contributed by atoms with Crippen LogP contribution in [-0.2, 0) is 27.3 Å². The van der Waals surface area contributed by atoms with E-state index in [1.165, 1.54) is 0 Å². The van der Waals surface area contributed by atoms with Crippen LogP contribution in [0.2, 0.25) is 0 Å². The molecule has 1 aromatic rings. The van der Waals surface area contributed by atoms with Gasteiger partial charge in [0.05, 0.1) is 12.7 Å². The molecule has 4 unspecified atom stereocenters. The first-order valence-corrected chi connectivity index (χ1v) is 11.4. The first-order chi connectivity index (χ1) is 14.9. The lowest BCUT2D eigenvalue weighted by Crippen LogP contribution is -2.74. The second-order valence-corrected chi connectivity index (χ2v) is 10.8. The van der Waals surface area contributed by atoms with E-state index in [2.05, 4.69) is 13.8 Å². The Morgan fingerprint density at radius 1 is 1.09 bits per heavy atom. The molecule has 3 aliphatic heterocycles. The van der Waals surface area contributed by atoms with Crippen molar-refractivity contribution in [2.24, 2.45) is 11.3 Å². The summed E-state index contributed by atoms with van der Waals surface area (Å²) in [6.07, 6.45) is 2.66. The highest BCUT2D eigenvalue weighted by Crippen LogP contribution is 2.65. The minimum absolute atomic E-state index is 0.0560. The molecule has 0 aromatic heterocycles. The minimum atomic E-state index is -1.22. The molecule has 174 valence electrons. The fourth-order valence-corrected chi connectivity index (χ4v) is 7.22. The predicted octanol–water partition coefficient (Wildman–Crippen LogP) is 3.63. The van der Waals surface area contributed by atoms with Crippen molar-refractivity contribution < 1.29 is 33.6 Å². The SMILES string of the molecule is COc1c2c(c(C)c3c1C(=O)OC3)OC1(C)CCC3(C(C)(C)O)OC(=O)CCC3(C)C1C2. The van der Waals surface area contributed by atoms with Crippen molar-refractivity contribution in [3.05, 3.63) is 22.3 Å². The summed E-state index contributed by atoms with van der Waals surface area (Å²) < 4.78 is 23.9. The van der Waals surface area contributed by atoms with Crippen molar-refractivity contribution in [2.45, 2.75) is 90.1 Å². The van der Waals surface area contributed by atoms with Crippen LogP contribution in [0.1, 0.15) is 80.4 Å². The Hall–Kier alpha value is -2.28. The lowest BCUT2D eigenvalue weighted by atomic mass is 9.46. The number of carbonyl (C=O) groups is 2. The standard InChI is InChI=1S/C25H32O7/c1-13-15-12-30-21(27)18(15)20(29-6)14-11-16-23(4)8-7-17(26)31-25(23,22(2,3)28)10-9-24(16,5)32-19(13)14/h16,28H,7-12H2,1-6H3. The number of rotatable bonds is 2. The lowest BCUT2D eigenvalue weighted by Gasteiger charge is -2.66. The molecule has 1 saturated carbocycles. The first-order valence-electron chi connectivity index (χ1n) is 11.4. The van der Waals surface area contributed by atoms with Crippen LogP contribution in [0, 0.1) is 18.3 Å². The van der Waals surface area contributed by atoms with E-state index in [0.29, 0.717) is 43.4 Å². The Balaban J connectivity index is 1.71. The highest BCUT2D eigenvalue weighted by molar-refractivity contribution is 5.98. The maximum absolute atomic E-state index is 12.5. The maximum Gasteiger partial charge on any atom is 0.342 e. The Morgan fingerprint density at radius 2 is 1.81 bits per heavy atom. The zero-order chi connectivity index (χ0) is 23.3. The largest absolute Gasteiger partial charge is 0.495 e. The molecule has 0 amide bonds. The van der Waals surface area contributed by atoms with Crippen molar-refractivity contribution in [3.63, 3.8) is 0 Å². The molecule has 7 nitrogen and oxygen atoms in total. The fraction of sp³-hybridized carbons (Fsp3) is 0.680. The van der Waals surface area contributed by atoms with Gasteiger partial charge in [0.25, 0.3) is 0 Å². The summed E-state index contributed by atoms with van der Waals surface area (Å²) in [7, 11) is 1.57. The van der Waals surface area contributed by atoms with E-state index in [-0.39, 0.29) is 24.5 Å². The van der Waals surface area contributed by atoms with Gasteiger partial charge in [0.1, 0.15) is 34.9 Å². The van der Waals surface area contributed by atoms with Crippen LogP contribution in [0.25, 0.3) is 0 Å². The van der Waals surface area contributed by atoms with Crippen molar-refractivity contribution in [2.75, 3.05) is 7.11 Å². The molecule has 4 atom stereocenters. The average Bonchev–Trinajstić information content (AvgIpc) is 3.10. The van der Waals surface area contributed by atoms with Gasteiger partial charge in [-0.05, 0) is 58.9 Å². The van der Waals surface area contributed by atoms with E-state index >= 15 is 0 Å². The molecule has 0 radical (unpaired) electrons. The summed E-state index contributed by atoms with van der Waals surface area (Å²) in [5.41, 5.74) is -0.182. The quantitative estimate of drug-likeness (QED) is 0.697. The van der Waals surface area contributed by atoms with E-state index in [1.807, 2.05) is 6.92 Å². The molecule has 2 fully saturated rings. The predicted molar refractivity (Wildman–Crippen MR) is 115 cm³/mol. The van der Waals surface area contributed by atoms with Crippen molar-refractivity contribution >= 4 is 11.9 Å². The van der Waals surface area contributed by atoms with Gasteiger partial charge in [-0.2, -0.15) is 0 Å². The number of hydrogen-bond donors (Lipinski definition) is 1. The third-order valence-corrected chi connectivity index (χ3v) is 8.90. The summed E-state index contributed by atoms with van der Waals surface area (Å²) in [4.78, 5) is 24.9. The number of benzene rings is 1. The molecule has 1 aromatic carbocycles. The van der Waals surface area contributed by atoms with Crippen LogP contribution in [0.3, 0.4) is 0 Å². The van der Waals surface area contributed by atoms with Crippen molar-refractivity contribution in [1.29, 1.82) is 0 Å². The van der Waals surface area contributed by atoms with E-state index in [9.17, 15) is 14.7 Å². The van der Waals surface area contributed by atoms with Gasteiger partial charge >= 0.3 is 11.9 Å². The highest BCUT2D eigenvalue weighted by Gasteiger charge is 2.71. The summed E-state index contributed by atoms with van der Waals surface area (Å²) >= 11 is 0. The lowest BCUT2D eigenvalue weighted by molar-refractivity contribution is -0.289. The third-order valence-electron chi connectivity index (χ3n) is 8.90. The Morgan fingerprint density at radius 3 is 2.47 bits per heavy atom. The molecule has 32 heavy (non-hydrogen) atoms. The second-order valence-electron chi connectivity index (χ2n) is 10.8. The number of carbonyl (C=O) groups excluding carboxylic acids is 2. The number of hydrogen-bond acceptors (Lipinski definition) is 7. The summed E-state index contributed by atoms with van der Waals surface area (Å²) in [6.45, 7) is 9.90. The van der Waals surface area contributed by atoms with Crippen LogP contribution in [0.15, 0.2) is 0 Å². The van der Waals surface area contributed by atoms with E-state index in [4.69, 9.17) is 18.9 Å². The number of esters is 2. The molecule has 1 aliphatic carbocycles. The van der Waals surface area contributed by atoms with Crippen LogP contribution >= 0.6 is 0 Å². The van der Waals surface area contributed by atoms with Gasteiger partial charge in [0, 0.05) is 28.9 Å². The van der Waals surface area contributed by atoms with Crippen LogP contribution < -0.4 is 9.47 Å². The topological polar surface area (TPSA) is 91.3 Å². The molecule has 3 heterocycles. The molecule has 1 saturated heterocycles. The minimum Gasteiger partial charge on any atom is -0.495 e. The van der Waals surface area contributed by atoms with Gasteiger partial charge in [0.15, 0.2) is 0 Å². The van der Waals surface area contributed by atoms with Gasteiger partial charge in [-0.25, -0.2) is 4.79 Å². The third kappa shape index (κ3) is 2.46. The molecular formula is C25H32O7. The number of methoxy groups -OCH3 is 1. The molecule has 5 rings (SSSR count). The van der Waals surface area contributed by atoms with Gasteiger partial charge in [0.2, 0.25) is 0 Å². The number of cyclic esters (lactones) is 1. The first kappa shape index (κ1) is 21.6. The molecule has 7 heteroatoms. The smallest absolute Gasteiger partial charge is 0.342 e. The van der Waals surface area contributed by atoms with E-state index in [0.717, 1.165) is 22.4 Å². The number of ether oxygens (including phenoxy) is 4. The maximum atomic E-state index is 12.5. The number of aliphatic hydroxyl groups is 1. The second kappa shape index (κ2) is 6.40. The van der Waals surface area contributed by atoms with E-state index < -0.39 is 22.2 Å². The van der Waals surface area contributed by atoms with Crippen molar-refractivity contribution in [3.8, 4) is 11.5 Å². The Labute approximate surface area is 188 Å². The fourth-order valence-electron chi connectivity index (χ4n) is 7.22.